The van der Waals surface area contributed by atoms with E-state index in [2.05, 4.69) is 15.0 Å². The van der Waals surface area contributed by atoms with Crippen LogP contribution in [0.5, 0.6) is 0 Å². The number of rotatable bonds is 3. The average molecular weight is 329 g/mol. The van der Waals surface area contributed by atoms with Crippen LogP contribution >= 0.6 is 0 Å². The van der Waals surface area contributed by atoms with E-state index in [0.717, 1.165) is 36.5 Å². The molecule has 1 saturated carbocycles. The van der Waals surface area contributed by atoms with Gasteiger partial charge in [0, 0.05) is 38.8 Å². The highest BCUT2D eigenvalue weighted by atomic mass is 16.5. The van der Waals surface area contributed by atoms with Gasteiger partial charge in [0.05, 0.1) is 0 Å². The monoisotopic (exact) mass is 329 g/mol. The summed E-state index contributed by atoms with van der Waals surface area (Å²) < 4.78 is 7.39. The fourth-order valence-corrected chi connectivity index (χ4v) is 3.34. The summed E-state index contributed by atoms with van der Waals surface area (Å²) in [6.07, 6.45) is 4.23. The molecule has 4 rings (SSSR count). The van der Waals surface area contributed by atoms with Crippen LogP contribution in [0.1, 0.15) is 52.6 Å². The van der Waals surface area contributed by atoms with Crippen molar-refractivity contribution in [3.8, 4) is 0 Å². The van der Waals surface area contributed by atoms with E-state index in [1.54, 1.807) is 0 Å². The number of amides is 1. The molecule has 2 aromatic heterocycles. The van der Waals surface area contributed by atoms with E-state index < -0.39 is 0 Å². The number of piperazine rings is 1. The Bertz CT molecular complexity index is 741. The lowest BCUT2D eigenvalue weighted by Gasteiger charge is -2.37. The van der Waals surface area contributed by atoms with Crippen LogP contribution in [0, 0.1) is 6.92 Å². The predicted octanol–water partition coefficient (Wildman–Crippen LogP) is 1.72. The van der Waals surface area contributed by atoms with Crippen molar-refractivity contribution in [2.75, 3.05) is 26.7 Å². The van der Waals surface area contributed by atoms with Gasteiger partial charge in [0.1, 0.15) is 11.7 Å². The van der Waals surface area contributed by atoms with Crippen LogP contribution in [0.3, 0.4) is 0 Å². The van der Waals surface area contributed by atoms with E-state index in [9.17, 15) is 4.79 Å². The molecule has 0 radical (unpaired) electrons. The van der Waals surface area contributed by atoms with Gasteiger partial charge in [-0.05, 0) is 38.4 Å². The van der Waals surface area contributed by atoms with Gasteiger partial charge in [-0.3, -0.25) is 9.69 Å². The molecule has 0 unspecified atom stereocenters. The Balaban J connectivity index is 1.54. The number of carbonyl (C=O) groups is 1. The van der Waals surface area contributed by atoms with Crippen molar-refractivity contribution < 1.29 is 9.32 Å². The van der Waals surface area contributed by atoms with Gasteiger partial charge in [-0.1, -0.05) is 5.16 Å². The highest BCUT2D eigenvalue weighted by Gasteiger charge is 2.35. The van der Waals surface area contributed by atoms with Gasteiger partial charge < -0.3 is 14.0 Å². The van der Waals surface area contributed by atoms with Crippen molar-refractivity contribution in [1.82, 2.24) is 24.5 Å². The Morgan fingerprint density at radius 1 is 1.29 bits per heavy atom. The molecule has 24 heavy (non-hydrogen) atoms. The van der Waals surface area contributed by atoms with Gasteiger partial charge in [0.2, 0.25) is 5.89 Å². The fraction of sp³-hybridized carbons (Fsp3) is 0.588. The number of hydrogen-bond donors (Lipinski definition) is 0. The number of nitrogens with zero attached hydrogens (tertiary/aromatic N) is 5. The molecule has 3 heterocycles. The minimum Gasteiger partial charge on any atom is -0.346 e. The number of likely N-dealkylation sites (N-methyl/N-ethyl adjacent to an activating group) is 1. The van der Waals surface area contributed by atoms with Crippen LogP contribution in [0.4, 0.5) is 0 Å². The molecule has 1 atom stereocenters. The van der Waals surface area contributed by atoms with E-state index in [1.165, 1.54) is 0 Å². The Hall–Kier alpha value is -2.15. The third-order valence-electron chi connectivity index (χ3n) is 5.10. The summed E-state index contributed by atoms with van der Waals surface area (Å²) in [7, 11) is 3.95. The van der Waals surface area contributed by atoms with Crippen LogP contribution < -0.4 is 0 Å². The van der Waals surface area contributed by atoms with Crippen LogP contribution in [0.15, 0.2) is 16.8 Å². The molecule has 1 amide bonds. The minimum absolute atomic E-state index is 0.0386. The first kappa shape index (κ1) is 15.4. The Kier molecular flexibility index (Phi) is 3.68. The lowest BCUT2D eigenvalue weighted by Crippen LogP contribution is -2.49. The van der Waals surface area contributed by atoms with Crippen LogP contribution in [-0.2, 0) is 7.05 Å². The third-order valence-corrected chi connectivity index (χ3v) is 5.10. The number of hydrogen-bond acceptors (Lipinski definition) is 5. The SMILES string of the molecule is Cc1ccn(C)c1C(=O)N1CCN(C)[C@H](c2nc(C3CC3)no2)C1. The maximum Gasteiger partial charge on any atom is 0.270 e. The van der Waals surface area contributed by atoms with Gasteiger partial charge >= 0.3 is 0 Å². The van der Waals surface area contributed by atoms with Gasteiger partial charge in [0.25, 0.3) is 5.91 Å². The number of aryl methyl sites for hydroxylation is 2. The molecule has 7 heteroatoms. The molecule has 1 aliphatic heterocycles. The Morgan fingerprint density at radius 3 is 2.75 bits per heavy atom. The molecule has 2 aliphatic rings. The normalized spacial score (nSPS) is 22.1. The second kappa shape index (κ2) is 5.73. The molecular weight excluding hydrogens is 306 g/mol. The molecule has 0 aromatic carbocycles. The lowest BCUT2D eigenvalue weighted by atomic mass is 10.1. The summed E-state index contributed by atoms with van der Waals surface area (Å²) in [6, 6.07) is 1.93. The van der Waals surface area contributed by atoms with Gasteiger partial charge in [0.15, 0.2) is 5.82 Å². The standard InChI is InChI=1S/C17H23N5O2/c1-11-6-7-21(3)14(11)17(23)22-9-8-20(2)13(10-22)16-18-15(19-24-16)12-4-5-12/h6-7,12-13H,4-5,8-10H2,1-3H3/t13-/m0/s1. The second-order valence-corrected chi connectivity index (χ2v) is 6.97. The average Bonchev–Trinajstić information content (AvgIpc) is 3.21. The summed E-state index contributed by atoms with van der Waals surface area (Å²) in [6.45, 7) is 4.05. The van der Waals surface area contributed by atoms with E-state index in [4.69, 9.17) is 4.52 Å². The van der Waals surface area contributed by atoms with E-state index in [1.807, 2.05) is 42.7 Å². The second-order valence-electron chi connectivity index (χ2n) is 6.97. The van der Waals surface area contributed by atoms with Crippen LogP contribution in [0.2, 0.25) is 0 Å². The zero-order chi connectivity index (χ0) is 16.8. The predicted molar refractivity (Wildman–Crippen MR) is 87.7 cm³/mol. The topological polar surface area (TPSA) is 67.4 Å². The summed E-state index contributed by atoms with van der Waals surface area (Å²) in [5.41, 5.74) is 1.76. The molecule has 0 bridgehead atoms. The number of aromatic nitrogens is 3. The van der Waals surface area contributed by atoms with Crippen molar-refractivity contribution in [2.45, 2.75) is 31.7 Å². The molecular formula is C17H23N5O2. The molecule has 2 aromatic rings. The largest absolute Gasteiger partial charge is 0.346 e. The lowest BCUT2D eigenvalue weighted by molar-refractivity contribution is 0.0480. The summed E-state index contributed by atoms with van der Waals surface area (Å²) in [5, 5.41) is 4.12. The molecule has 7 nitrogen and oxygen atoms in total. The van der Waals surface area contributed by atoms with Crippen molar-refractivity contribution in [1.29, 1.82) is 0 Å². The molecule has 1 saturated heterocycles. The molecule has 0 spiro atoms. The minimum atomic E-state index is -0.0386. The molecule has 128 valence electrons. The van der Waals surface area contributed by atoms with Crippen LogP contribution in [-0.4, -0.2) is 57.1 Å². The summed E-state index contributed by atoms with van der Waals surface area (Å²) in [4.78, 5) is 21.6. The summed E-state index contributed by atoms with van der Waals surface area (Å²) in [5.74, 6) is 1.99. The molecule has 0 N–H and O–H groups in total. The first-order valence-corrected chi connectivity index (χ1v) is 8.49. The zero-order valence-electron chi connectivity index (χ0n) is 14.4. The third kappa shape index (κ3) is 2.62. The fourth-order valence-electron chi connectivity index (χ4n) is 3.34. The van der Waals surface area contributed by atoms with Gasteiger partial charge in [-0.15, -0.1) is 0 Å². The van der Waals surface area contributed by atoms with Crippen molar-refractivity contribution >= 4 is 5.91 Å². The maximum atomic E-state index is 12.9. The van der Waals surface area contributed by atoms with Crippen molar-refractivity contribution in [3.63, 3.8) is 0 Å². The smallest absolute Gasteiger partial charge is 0.270 e. The summed E-state index contributed by atoms with van der Waals surface area (Å²) >= 11 is 0. The highest BCUT2D eigenvalue weighted by molar-refractivity contribution is 5.94. The maximum absolute atomic E-state index is 12.9. The zero-order valence-corrected chi connectivity index (χ0v) is 14.4. The van der Waals surface area contributed by atoms with E-state index >= 15 is 0 Å². The first-order valence-electron chi connectivity index (χ1n) is 8.49. The van der Waals surface area contributed by atoms with Gasteiger partial charge in [-0.25, -0.2) is 0 Å². The van der Waals surface area contributed by atoms with E-state index in [-0.39, 0.29) is 11.9 Å². The highest BCUT2D eigenvalue weighted by Crippen LogP contribution is 2.38. The van der Waals surface area contributed by atoms with Crippen molar-refractivity contribution in [2.24, 2.45) is 7.05 Å². The van der Waals surface area contributed by atoms with Crippen molar-refractivity contribution in [3.05, 3.63) is 35.2 Å². The molecule has 1 aliphatic carbocycles. The number of carbonyl (C=O) groups excluding carboxylic acids is 1. The Labute approximate surface area is 141 Å². The quantitative estimate of drug-likeness (QED) is 0.858. The first-order chi connectivity index (χ1) is 11.5. The Morgan fingerprint density at radius 2 is 2.08 bits per heavy atom. The van der Waals surface area contributed by atoms with Crippen LogP contribution in [0.25, 0.3) is 0 Å². The van der Waals surface area contributed by atoms with E-state index in [0.29, 0.717) is 24.9 Å². The molecule has 2 fully saturated rings. The van der Waals surface area contributed by atoms with Gasteiger partial charge in [-0.2, -0.15) is 4.98 Å².